The first-order valence-electron chi connectivity index (χ1n) is 5.26. The van der Waals surface area contributed by atoms with Gasteiger partial charge in [0.1, 0.15) is 4.83 Å². The van der Waals surface area contributed by atoms with Crippen LogP contribution in [0.2, 0.25) is 0 Å². The minimum atomic E-state index is 0.488. The third kappa shape index (κ3) is 2.24. The fourth-order valence-corrected chi connectivity index (χ4v) is 2.05. The molecule has 0 unspecified atom stereocenters. The molecular formula is C11H15N3OS. The van der Waals surface area contributed by atoms with Crippen LogP contribution in [0, 0.1) is 5.92 Å². The first kappa shape index (κ1) is 11.1. The van der Waals surface area contributed by atoms with Crippen molar-refractivity contribution in [2.75, 3.05) is 19.0 Å². The molecular weight excluding hydrogens is 222 g/mol. The number of fused-ring (bicyclic) bond motifs is 1. The molecule has 0 aromatic carbocycles. The lowest BCUT2D eigenvalue weighted by Gasteiger charge is -2.09. The molecule has 0 spiro atoms. The van der Waals surface area contributed by atoms with Crippen LogP contribution in [0.3, 0.4) is 0 Å². The zero-order chi connectivity index (χ0) is 11.5. The van der Waals surface area contributed by atoms with Gasteiger partial charge < -0.3 is 10.1 Å². The van der Waals surface area contributed by atoms with Gasteiger partial charge in [0.25, 0.3) is 0 Å². The van der Waals surface area contributed by atoms with Gasteiger partial charge in [0, 0.05) is 7.05 Å². The summed E-state index contributed by atoms with van der Waals surface area (Å²) in [6, 6.07) is 2.00. The van der Waals surface area contributed by atoms with Crippen molar-refractivity contribution in [3.63, 3.8) is 0 Å². The molecule has 0 fully saturated rings. The first-order chi connectivity index (χ1) is 7.70. The molecule has 2 aromatic heterocycles. The summed E-state index contributed by atoms with van der Waals surface area (Å²) in [5.74, 6) is 1.76. The van der Waals surface area contributed by atoms with Crippen LogP contribution in [-0.2, 0) is 0 Å². The third-order valence-corrected chi connectivity index (χ3v) is 2.87. The normalized spacial score (nSPS) is 11.0. The van der Waals surface area contributed by atoms with Crippen LogP contribution in [0.4, 0.5) is 5.95 Å². The Labute approximate surface area is 98.7 Å². The maximum atomic E-state index is 5.70. The van der Waals surface area contributed by atoms with E-state index in [0.717, 1.165) is 10.2 Å². The van der Waals surface area contributed by atoms with E-state index in [1.807, 2.05) is 11.4 Å². The van der Waals surface area contributed by atoms with Gasteiger partial charge in [-0.3, -0.25) is 0 Å². The van der Waals surface area contributed by atoms with E-state index in [4.69, 9.17) is 4.74 Å². The molecule has 0 aliphatic heterocycles. The average molecular weight is 237 g/mol. The zero-order valence-electron chi connectivity index (χ0n) is 9.65. The molecule has 0 bridgehead atoms. The van der Waals surface area contributed by atoms with Gasteiger partial charge in [0.15, 0.2) is 0 Å². The Morgan fingerprint density at radius 3 is 2.94 bits per heavy atom. The molecule has 0 saturated carbocycles. The third-order valence-electron chi connectivity index (χ3n) is 2.07. The maximum Gasteiger partial charge on any atom is 0.227 e. The molecule has 2 aromatic rings. The van der Waals surface area contributed by atoms with E-state index in [1.165, 1.54) is 0 Å². The van der Waals surface area contributed by atoms with Crippen LogP contribution in [-0.4, -0.2) is 23.6 Å². The number of hydrogen-bond donors (Lipinski definition) is 1. The lowest BCUT2D eigenvalue weighted by molar-refractivity contribution is 0.265. The van der Waals surface area contributed by atoms with Gasteiger partial charge in [0.2, 0.25) is 11.8 Å². The summed E-state index contributed by atoms with van der Waals surface area (Å²) in [5, 5.41) is 5.93. The lowest BCUT2D eigenvalue weighted by atomic mass is 10.2. The Kier molecular flexibility index (Phi) is 3.24. The van der Waals surface area contributed by atoms with E-state index in [2.05, 4.69) is 29.1 Å². The molecule has 5 heteroatoms. The highest BCUT2D eigenvalue weighted by Crippen LogP contribution is 2.28. The summed E-state index contributed by atoms with van der Waals surface area (Å²) in [7, 11) is 1.81. The summed E-state index contributed by atoms with van der Waals surface area (Å²) in [5.41, 5.74) is 0. The van der Waals surface area contributed by atoms with Crippen molar-refractivity contribution in [3.8, 4) is 5.88 Å². The van der Waals surface area contributed by atoms with Crippen LogP contribution >= 0.6 is 11.3 Å². The summed E-state index contributed by atoms with van der Waals surface area (Å²) < 4.78 is 5.70. The highest BCUT2D eigenvalue weighted by Gasteiger charge is 2.09. The van der Waals surface area contributed by atoms with E-state index in [1.54, 1.807) is 18.4 Å². The second kappa shape index (κ2) is 4.65. The number of nitrogens with one attached hydrogen (secondary N) is 1. The van der Waals surface area contributed by atoms with Crippen molar-refractivity contribution in [1.82, 2.24) is 9.97 Å². The van der Waals surface area contributed by atoms with E-state index < -0.39 is 0 Å². The van der Waals surface area contributed by atoms with Crippen LogP contribution in [0.1, 0.15) is 13.8 Å². The average Bonchev–Trinajstić information content (AvgIpc) is 2.73. The Morgan fingerprint density at radius 2 is 2.25 bits per heavy atom. The fourth-order valence-electron chi connectivity index (χ4n) is 1.30. The Balaban J connectivity index is 2.36. The lowest BCUT2D eigenvalue weighted by Crippen LogP contribution is -2.07. The number of rotatable bonds is 4. The maximum absolute atomic E-state index is 5.70. The number of anilines is 1. The highest BCUT2D eigenvalue weighted by atomic mass is 32.1. The quantitative estimate of drug-likeness (QED) is 0.888. The molecule has 16 heavy (non-hydrogen) atoms. The Morgan fingerprint density at radius 1 is 1.44 bits per heavy atom. The number of nitrogens with zero attached hydrogens (tertiary/aromatic N) is 2. The van der Waals surface area contributed by atoms with Gasteiger partial charge in [-0.15, -0.1) is 11.3 Å². The summed E-state index contributed by atoms with van der Waals surface area (Å²) >= 11 is 1.59. The van der Waals surface area contributed by atoms with Crippen molar-refractivity contribution in [2.24, 2.45) is 5.92 Å². The fraction of sp³-hybridized carbons (Fsp3) is 0.455. The van der Waals surface area contributed by atoms with E-state index in [9.17, 15) is 0 Å². The zero-order valence-corrected chi connectivity index (χ0v) is 10.5. The van der Waals surface area contributed by atoms with Crippen LogP contribution in [0.5, 0.6) is 5.88 Å². The van der Waals surface area contributed by atoms with Crippen LogP contribution in [0.15, 0.2) is 11.4 Å². The van der Waals surface area contributed by atoms with Gasteiger partial charge in [-0.05, 0) is 17.4 Å². The predicted octanol–water partition coefficient (Wildman–Crippen LogP) is 2.77. The van der Waals surface area contributed by atoms with E-state index >= 15 is 0 Å². The highest BCUT2D eigenvalue weighted by molar-refractivity contribution is 7.16. The molecule has 0 amide bonds. The van der Waals surface area contributed by atoms with Crippen LogP contribution in [0.25, 0.3) is 10.2 Å². The summed E-state index contributed by atoms with van der Waals surface area (Å²) in [6.45, 7) is 4.90. The molecule has 2 rings (SSSR count). The van der Waals surface area contributed by atoms with Gasteiger partial charge >= 0.3 is 0 Å². The van der Waals surface area contributed by atoms with Crippen molar-refractivity contribution < 1.29 is 4.74 Å². The minimum absolute atomic E-state index is 0.488. The molecule has 0 saturated heterocycles. The number of aromatic nitrogens is 2. The Bertz CT molecular complexity index is 481. The number of hydrogen-bond acceptors (Lipinski definition) is 5. The predicted molar refractivity (Wildman–Crippen MR) is 67.3 cm³/mol. The minimum Gasteiger partial charge on any atom is -0.477 e. The molecule has 0 aliphatic carbocycles. The molecule has 2 heterocycles. The second-order valence-corrected chi connectivity index (χ2v) is 4.84. The Hall–Kier alpha value is -1.36. The molecule has 86 valence electrons. The standard InChI is InChI=1S/C11H15N3OS/c1-7(2)6-15-9-8-4-5-16-10(8)14-11(12-3)13-9/h4-5,7H,6H2,1-3H3,(H,12,13,14). The second-order valence-electron chi connectivity index (χ2n) is 3.95. The molecule has 1 N–H and O–H groups in total. The van der Waals surface area contributed by atoms with Crippen molar-refractivity contribution >= 4 is 27.5 Å². The largest absolute Gasteiger partial charge is 0.477 e. The monoisotopic (exact) mass is 237 g/mol. The smallest absolute Gasteiger partial charge is 0.227 e. The van der Waals surface area contributed by atoms with E-state index in [-0.39, 0.29) is 0 Å². The molecule has 0 atom stereocenters. The van der Waals surface area contributed by atoms with Gasteiger partial charge in [-0.2, -0.15) is 4.98 Å². The van der Waals surface area contributed by atoms with Crippen molar-refractivity contribution in [1.29, 1.82) is 0 Å². The summed E-state index contributed by atoms with van der Waals surface area (Å²) in [4.78, 5) is 9.64. The topological polar surface area (TPSA) is 47.0 Å². The number of thiophene rings is 1. The first-order valence-corrected chi connectivity index (χ1v) is 6.14. The number of ether oxygens (including phenoxy) is 1. The van der Waals surface area contributed by atoms with Crippen molar-refractivity contribution in [3.05, 3.63) is 11.4 Å². The molecule has 4 nitrogen and oxygen atoms in total. The molecule has 0 aliphatic rings. The van der Waals surface area contributed by atoms with Gasteiger partial charge in [-0.1, -0.05) is 13.8 Å². The van der Waals surface area contributed by atoms with Crippen LogP contribution < -0.4 is 10.1 Å². The van der Waals surface area contributed by atoms with Gasteiger partial charge in [-0.25, -0.2) is 4.98 Å². The van der Waals surface area contributed by atoms with E-state index in [0.29, 0.717) is 24.4 Å². The summed E-state index contributed by atoms with van der Waals surface area (Å²) in [6.07, 6.45) is 0. The molecule has 0 radical (unpaired) electrons. The SMILES string of the molecule is CNc1nc(OCC(C)C)c2ccsc2n1. The van der Waals surface area contributed by atoms with Gasteiger partial charge in [0.05, 0.1) is 12.0 Å². The van der Waals surface area contributed by atoms with Crippen molar-refractivity contribution in [2.45, 2.75) is 13.8 Å².